The summed E-state index contributed by atoms with van der Waals surface area (Å²) in [5.74, 6) is 2.91. The van der Waals surface area contributed by atoms with Crippen molar-refractivity contribution in [3.8, 4) is 0 Å². The van der Waals surface area contributed by atoms with Crippen molar-refractivity contribution >= 4 is 5.91 Å². The molecule has 122 valence electrons. The SMILES string of the molecule is O=C(CN1Cc2ccccc2C1)NC12CC3CC(CC(C3)C1)C2. The molecular formula is C20H26N2O. The van der Waals surface area contributed by atoms with Gasteiger partial charge >= 0.3 is 0 Å². The number of hydrogen-bond donors (Lipinski definition) is 1. The molecule has 1 aliphatic heterocycles. The van der Waals surface area contributed by atoms with Crippen molar-refractivity contribution in [1.82, 2.24) is 10.2 Å². The fourth-order valence-electron chi connectivity index (χ4n) is 6.32. The van der Waals surface area contributed by atoms with Crippen LogP contribution < -0.4 is 5.32 Å². The lowest BCUT2D eigenvalue weighted by atomic mass is 9.53. The van der Waals surface area contributed by atoms with Crippen LogP contribution in [0.4, 0.5) is 0 Å². The Morgan fingerprint density at radius 3 is 2.04 bits per heavy atom. The first-order valence-corrected chi connectivity index (χ1v) is 9.28. The summed E-state index contributed by atoms with van der Waals surface area (Å²) in [6.45, 7) is 2.39. The Morgan fingerprint density at radius 2 is 1.52 bits per heavy atom. The van der Waals surface area contributed by atoms with E-state index in [1.165, 1.54) is 49.7 Å². The first-order valence-electron chi connectivity index (χ1n) is 9.28. The van der Waals surface area contributed by atoms with Crippen LogP contribution in [0.1, 0.15) is 49.7 Å². The van der Waals surface area contributed by atoms with Crippen LogP contribution in [0.3, 0.4) is 0 Å². The van der Waals surface area contributed by atoms with Gasteiger partial charge in [0.15, 0.2) is 0 Å². The summed E-state index contributed by atoms with van der Waals surface area (Å²) in [6, 6.07) is 8.56. The third kappa shape index (κ3) is 2.50. The lowest BCUT2D eigenvalue weighted by molar-refractivity contribution is -0.128. The molecule has 0 unspecified atom stereocenters. The molecule has 6 rings (SSSR count). The molecule has 0 atom stereocenters. The molecule has 1 aromatic rings. The molecule has 23 heavy (non-hydrogen) atoms. The van der Waals surface area contributed by atoms with Crippen molar-refractivity contribution in [2.24, 2.45) is 17.8 Å². The first-order chi connectivity index (χ1) is 11.2. The van der Waals surface area contributed by atoms with Gasteiger partial charge in [0.25, 0.3) is 0 Å². The van der Waals surface area contributed by atoms with Crippen molar-refractivity contribution in [2.45, 2.75) is 57.2 Å². The number of benzene rings is 1. The van der Waals surface area contributed by atoms with E-state index in [0.717, 1.165) is 30.8 Å². The molecule has 0 spiro atoms. The average molecular weight is 310 g/mol. The van der Waals surface area contributed by atoms with Crippen LogP contribution in [-0.4, -0.2) is 22.9 Å². The molecule has 5 aliphatic rings. The lowest BCUT2D eigenvalue weighted by Crippen LogP contribution is -2.60. The van der Waals surface area contributed by atoms with Crippen LogP contribution >= 0.6 is 0 Å². The number of carbonyl (C=O) groups excluding carboxylic acids is 1. The molecule has 4 saturated carbocycles. The number of fused-ring (bicyclic) bond motifs is 1. The molecule has 0 aromatic heterocycles. The smallest absolute Gasteiger partial charge is 0.234 e. The van der Waals surface area contributed by atoms with E-state index >= 15 is 0 Å². The molecule has 1 aromatic carbocycles. The van der Waals surface area contributed by atoms with Gasteiger partial charge in [0, 0.05) is 18.6 Å². The summed E-state index contributed by atoms with van der Waals surface area (Å²) in [7, 11) is 0. The first kappa shape index (κ1) is 14.0. The van der Waals surface area contributed by atoms with Crippen LogP contribution in [0.15, 0.2) is 24.3 Å². The van der Waals surface area contributed by atoms with Crippen LogP contribution in [0.5, 0.6) is 0 Å². The molecule has 3 heteroatoms. The molecule has 1 heterocycles. The number of amides is 1. The monoisotopic (exact) mass is 310 g/mol. The highest BCUT2D eigenvalue weighted by Gasteiger charge is 2.51. The van der Waals surface area contributed by atoms with E-state index in [1.807, 2.05) is 0 Å². The van der Waals surface area contributed by atoms with Gasteiger partial charge in [-0.15, -0.1) is 0 Å². The van der Waals surface area contributed by atoms with Gasteiger partial charge in [-0.3, -0.25) is 9.69 Å². The maximum atomic E-state index is 12.7. The lowest BCUT2D eigenvalue weighted by Gasteiger charge is -2.57. The van der Waals surface area contributed by atoms with E-state index in [2.05, 4.69) is 34.5 Å². The van der Waals surface area contributed by atoms with Gasteiger partial charge in [0.2, 0.25) is 5.91 Å². The van der Waals surface area contributed by atoms with Crippen molar-refractivity contribution in [1.29, 1.82) is 0 Å². The molecule has 0 radical (unpaired) electrons. The normalized spacial score (nSPS) is 37.8. The highest BCUT2D eigenvalue weighted by molar-refractivity contribution is 5.79. The van der Waals surface area contributed by atoms with E-state index in [4.69, 9.17) is 0 Å². The molecule has 1 N–H and O–H groups in total. The van der Waals surface area contributed by atoms with Crippen molar-refractivity contribution in [3.63, 3.8) is 0 Å². The molecule has 4 bridgehead atoms. The molecule has 1 amide bonds. The summed E-state index contributed by atoms with van der Waals surface area (Å²) < 4.78 is 0. The van der Waals surface area contributed by atoms with E-state index < -0.39 is 0 Å². The zero-order chi connectivity index (χ0) is 15.4. The number of nitrogens with zero attached hydrogens (tertiary/aromatic N) is 1. The number of rotatable bonds is 3. The Balaban J connectivity index is 1.23. The number of hydrogen-bond acceptors (Lipinski definition) is 2. The Morgan fingerprint density at radius 1 is 1.00 bits per heavy atom. The van der Waals surface area contributed by atoms with Gasteiger partial charge in [-0.2, -0.15) is 0 Å². The maximum Gasteiger partial charge on any atom is 0.234 e. The summed E-state index contributed by atoms with van der Waals surface area (Å²) in [5.41, 5.74) is 2.92. The topological polar surface area (TPSA) is 32.3 Å². The minimum Gasteiger partial charge on any atom is -0.350 e. The van der Waals surface area contributed by atoms with Gasteiger partial charge in [-0.05, 0) is 67.4 Å². The van der Waals surface area contributed by atoms with Crippen molar-refractivity contribution < 1.29 is 4.79 Å². The highest BCUT2D eigenvalue weighted by atomic mass is 16.2. The largest absolute Gasteiger partial charge is 0.350 e. The zero-order valence-electron chi connectivity index (χ0n) is 13.8. The summed E-state index contributed by atoms with van der Waals surface area (Å²) in [6.07, 6.45) is 8.00. The van der Waals surface area contributed by atoms with Crippen molar-refractivity contribution in [2.75, 3.05) is 6.54 Å². The molecule has 3 nitrogen and oxygen atoms in total. The zero-order valence-corrected chi connectivity index (χ0v) is 13.8. The second-order valence-corrected chi connectivity index (χ2v) is 8.66. The highest BCUT2D eigenvalue weighted by Crippen LogP contribution is 2.55. The maximum absolute atomic E-state index is 12.7. The van der Waals surface area contributed by atoms with Crippen LogP contribution in [0.2, 0.25) is 0 Å². The second-order valence-electron chi connectivity index (χ2n) is 8.66. The van der Waals surface area contributed by atoms with Crippen LogP contribution in [-0.2, 0) is 17.9 Å². The van der Waals surface area contributed by atoms with Gasteiger partial charge in [0.1, 0.15) is 0 Å². The quantitative estimate of drug-likeness (QED) is 0.930. The van der Waals surface area contributed by atoms with Gasteiger partial charge in [0.05, 0.1) is 6.54 Å². The molecule has 0 saturated heterocycles. The van der Waals surface area contributed by atoms with E-state index in [0.29, 0.717) is 6.54 Å². The second kappa shape index (κ2) is 5.07. The van der Waals surface area contributed by atoms with E-state index in [-0.39, 0.29) is 11.4 Å². The van der Waals surface area contributed by atoms with Gasteiger partial charge in [-0.1, -0.05) is 24.3 Å². The Hall–Kier alpha value is -1.35. The standard InChI is InChI=1S/C20H26N2O/c23-19(13-22-11-17-3-1-2-4-18(17)12-22)21-20-8-14-5-15(9-20)7-16(6-14)10-20/h1-4,14-16H,5-13H2,(H,21,23). The minimum atomic E-state index is 0.151. The summed E-state index contributed by atoms with van der Waals surface area (Å²) in [5, 5.41) is 3.50. The Labute approximate surface area is 138 Å². The molecule has 4 fully saturated rings. The van der Waals surface area contributed by atoms with Gasteiger partial charge in [-0.25, -0.2) is 0 Å². The van der Waals surface area contributed by atoms with Crippen LogP contribution in [0.25, 0.3) is 0 Å². The van der Waals surface area contributed by atoms with Crippen molar-refractivity contribution in [3.05, 3.63) is 35.4 Å². The predicted octanol–water partition coefficient (Wildman–Crippen LogP) is 3.09. The molecular weight excluding hydrogens is 284 g/mol. The number of carbonyl (C=O) groups is 1. The Bertz CT molecular complexity index is 578. The fraction of sp³-hybridized carbons (Fsp3) is 0.650. The molecule has 4 aliphatic carbocycles. The summed E-state index contributed by atoms with van der Waals surface area (Å²) in [4.78, 5) is 15.0. The number of nitrogens with one attached hydrogen (secondary N) is 1. The average Bonchev–Trinajstić information content (AvgIpc) is 2.86. The summed E-state index contributed by atoms with van der Waals surface area (Å²) >= 11 is 0. The van der Waals surface area contributed by atoms with E-state index in [9.17, 15) is 4.79 Å². The predicted molar refractivity (Wildman–Crippen MR) is 89.6 cm³/mol. The van der Waals surface area contributed by atoms with Crippen LogP contribution in [0, 0.1) is 17.8 Å². The Kier molecular flexibility index (Phi) is 3.09. The third-order valence-electron chi connectivity index (χ3n) is 6.72. The van der Waals surface area contributed by atoms with Gasteiger partial charge < -0.3 is 5.32 Å². The third-order valence-corrected chi connectivity index (χ3v) is 6.72. The van der Waals surface area contributed by atoms with E-state index in [1.54, 1.807) is 0 Å². The fourth-order valence-corrected chi connectivity index (χ4v) is 6.32. The minimum absolute atomic E-state index is 0.151.